The molecule has 8 heteroatoms. The van der Waals surface area contributed by atoms with E-state index in [2.05, 4.69) is 16.3 Å². The molecule has 2 heterocycles. The van der Waals surface area contributed by atoms with Crippen molar-refractivity contribution in [3.8, 4) is 0 Å². The van der Waals surface area contributed by atoms with Crippen LogP contribution < -0.4 is 15.8 Å². The summed E-state index contributed by atoms with van der Waals surface area (Å²) in [7, 11) is 1.38. The second-order valence-corrected chi connectivity index (χ2v) is 9.88. The summed E-state index contributed by atoms with van der Waals surface area (Å²) >= 11 is 0. The first-order valence-corrected chi connectivity index (χ1v) is 12.8. The number of para-hydroxylation sites is 1. The second-order valence-electron chi connectivity index (χ2n) is 9.88. The minimum atomic E-state index is -0.397. The molecule has 1 N–H and O–H groups in total. The Bertz CT molecular complexity index is 1330. The first-order chi connectivity index (χ1) is 17.5. The Labute approximate surface area is 211 Å². The fourth-order valence-electron chi connectivity index (χ4n) is 5.13. The minimum Gasteiger partial charge on any atom is -0.465 e. The molecule has 1 aromatic heterocycles. The van der Waals surface area contributed by atoms with E-state index in [0.717, 1.165) is 29.9 Å². The molecule has 2 aliphatic rings. The molecule has 8 nitrogen and oxygen atoms in total. The van der Waals surface area contributed by atoms with Crippen LogP contribution in [-0.2, 0) is 16.0 Å². The summed E-state index contributed by atoms with van der Waals surface area (Å²) in [5, 5.41) is 4.10. The number of esters is 1. The van der Waals surface area contributed by atoms with E-state index in [1.807, 2.05) is 42.7 Å². The van der Waals surface area contributed by atoms with E-state index in [4.69, 9.17) is 14.5 Å². The second kappa shape index (κ2) is 10.3. The highest BCUT2D eigenvalue weighted by Crippen LogP contribution is 2.32. The summed E-state index contributed by atoms with van der Waals surface area (Å²) in [4.78, 5) is 33.6. The van der Waals surface area contributed by atoms with Gasteiger partial charge in [-0.05, 0) is 56.4 Å². The smallest absolute Gasteiger partial charge is 0.339 e. The van der Waals surface area contributed by atoms with Gasteiger partial charge in [0.2, 0.25) is 5.95 Å². The zero-order valence-corrected chi connectivity index (χ0v) is 21.3. The monoisotopic (exact) mass is 490 g/mol. The van der Waals surface area contributed by atoms with Gasteiger partial charge in [0, 0.05) is 30.9 Å². The van der Waals surface area contributed by atoms with Gasteiger partial charge < -0.3 is 19.7 Å². The van der Waals surface area contributed by atoms with Crippen LogP contribution in [0.1, 0.15) is 53.7 Å². The average molecular weight is 491 g/mol. The number of rotatable bonds is 7. The molecule has 5 rings (SSSR count). The molecule has 36 heavy (non-hydrogen) atoms. The van der Waals surface area contributed by atoms with Crippen LogP contribution in [0.25, 0.3) is 10.9 Å². The number of hydrogen-bond acceptors (Lipinski definition) is 7. The van der Waals surface area contributed by atoms with Gasteiger partial charge in [-0.2, -0.15) is 0 Å². The molecule has 2 aromatic carbocycles. The summed E-state index contributed by atoms with van der Waals surface area (Å²) in [6.07, 6.45) is 3.55. The van der Waals surface area contributed by atoms with Crippen LogP contribution in [0.4, 0.5) is 11.6 Å². The molecule has 2 fully saturated rings. The zero-order valence-electron chi connectivity index (χ0n) is 21.3. The largest absolute Gasteiger partial charge is 0.465 e. The molecule has 0 spiro atoms. The van der Waals surface area contributed by atoms with Crippen molar-refractivity contribution in [2.75, 3.05) is 43.6 Å². The minimum absolute atomic E-state index is 0.0144. The van der Waals surface area contributed by atoms with E-state index in [1.165, 1.54) is 13.5 Å². The lowest BCUT2D eigenvalue weighted by molar-refractivity contribution is 0.0601. The summed E-state index contributed by atoms with van der Waals surface area (Å²) in [6.45, 7) is 7.41. The molecule has 1 aliphatic heterocycles. The molecule has 0 radical (unpaired) electrons. The van der Waals surface area contributed by atoms with Crippen LogP contribution >= 0.6 is 0 Å². The molecule has 1 atom stereocenters. The van der Waals surface area contributed by atoms with Crippen molar-refractivity contribution in [1.29, 1.82) is 0 Å². The van der Waals surface area contributed by atoms with Crippen LogP contribution in [0.5, 0.6) is 0 Å². The number of methoxy groups -OCH3 is 1. The van der Waals surface area contributed by atoms with E-state index in [-0.39, 0.29) is 11.6 Å². The number of carbonyl (C=O) groups is 1. The summed E-state index contributed by atoms with van der Waals surface area (Å²) in [5.41, 5.74) is 3.78. The molecule has 1 saturated heterocycles. The van der Waals surface area contributed by atoms with Gasteiger partial charge in [-0.1, -0.05) is 24.6 Å². The highest BCUT2D eigenvalue weighted by molar-refractivity contribution is 5.95. The third-order valence-corrected chi connectivity index (χ3v) is 7.34. The Balaban J connectivity index is 1.61. The van der Waals surface area contributed by atoms with Gasteiger partial charge in [0.15, 0.2) is 0 Å². The maximum atomic E-state index is 13.9. The van der Waals surface area contributed by atoms with Crippen molar-refractivity contribution < 1.29 is 14.3 Å². The van der Waals surface area contributed by atoms with Crippen LogP contribution in [0, 0.1) is 12.8 Å². The lowest BCUT2D eigenvalue weighted by atomic mass is 9.85. The molecule has 1 unspecified atom stereocenters. The van der Waals surface area contributed by atoms with Crippen LogP contribution in [0.3, 0.4) is 0 Å². The third-order valence-electron chi connectivity index (χ3n) is 7.34. The van der Waals surface area contributed by atoms with Gasteiger partial charge in [-0.15, -0.1) is 0 Å². The predicted octanol–water partition coefficient (Wildman–Crippen LogP) is 4.30. The van der Waals surface area contributed by atoms with Gasteiger partial charge in [0.25, 0.3) is 5.56 Å². The van der Waals surface area contributed by atoms with Gasteiger partial charge >= 0.3 is 5.97 Å². The van der Waals surface area contributed by atoms with Crippen molar-refractivity contribution in [2.24, 2.45) is 5.92 Å². The maximum Gasteiger partial charge on any atom is 0.339 e. The highest BCUT2D eigenvalue weighted by atomic mass is 16.5. The Morgan fingerprint density at radius 1 is 1.22 bits per heavy atom. The molecule has 0 bridgehead atoms. The number of ether oxygens (including phenoxy) is 2. The number of hydrogen-bond donors (Lipinski definition) is 1. The van der Waals surface area contributed by atoms with Gasteiger partial charge in [0.05, 0.1) is 42.8 Å². The maximum absolute atomic E-state index is 13.9. The molecular weight excluding hydrogens is 456 g/mol. The summed E-state index contributed by atoms with van der Waals surface area (Å²) in [5.74, 6) is 0.863. The van der Waals surface area contributed by atoms with E-state index in [1.54, 1.807) is 6.07 Å². The Hall–Kier alpha value is -3.39. The summed E-state index contributed by atoms with van der Waals surface area (Å²) in [6, 6.07) is 11.1. The standard InChI is InChI=1S/C28H34N4O4/c1-18-15-22(19(2)29-24-10-5-4-9-21(24)27(34)35-3)25-23(16-18)26(33)32(17-20-7-6-8-20)28(30-25)31-11-13-36-14-12-31/h4-5,9-10,15-16,19-20,29H,6-8,11-14,17H2,1-3H3. The van der Waals surface area contributed by atoms with Gasteiger partial charge in [0.1, 0.15) is 0 Å². The van der Waals surface area contributed by atoms with Crippen LogP contribution in [0.2, 0.25) is 0 Å². The molecule has 1 aliphatic carbocycles. The van der Waals surface area contributed by atoms with Crippen molar-refractivity contribution >= 4 is 28.5 Å². The molecule has 190 valence electrons. The molecular formula is C28H34N4O4. The number of aromatic nitrogens is 2. The van der Waals surface area contributed by atoms with Crippen molar-refractivity contribution in [2.45, 2.75) is 45.7 Å². The Kier molecular flexibility index (Phi) is 6.96. The Morgan fingerprint density at radius 2 is 1.97 bits per heavy atom. The highest BCUT2D eigenvalue weighted by Gasteiger charge is 2.26. The van der Waals surface area contributed by atoms with Crippen molar-refractivity contribution in [3.05, 3.63) is 63.4 Å². The lowest BCUT2D eigenvalue weighted by Crippen LogP contribution is -2.41. The molecule has 0 amide bonds. The van der Waals surface area contributed by atoms with E-state index in [0.29, 0.717) is 60.9 Å². The zero-order chi connectivity index (χ0) is 25.2. The van der Waals surface area contributed by atoms with Crippen molar-refractivity contribution in [3.63, 3.8) is 0 Å². The van der Waals surface area contributed by atoms with Gasteiger partial charge in [-0.3, -0.25) is 9.36 Å². The number of carbonyl (C=O) groups excluding carboxylic acids is 1. The fraction of sp³-hybridized carbons (Fsp3) is 0.464. The Morgan fingerprint density at radius 3 is 2.67 bits per heavy atom. The van der Waals surface area contributed by atoms with E-state index < -0.39 is 5.97 Å². The number of benzene rings is 2. The normalized spacial score (nSPS) is 17.0. The predicted molar refractivity (Wildman–Crippen MR) is 141 cm³/mol. The average Bonchev–Trinajstić information content (AvgIpc) is 2.87. The SMILES string of the molecule is COC(=O)c1ccccc1NC(C)c1cc(C)cc2c(=O)n(CC3CCC3)c(N3CCOCC3)nc12. The lowest BCUT2D eigenvalue weighted by Gasteiger charge is -2.33. The number of nitrogens with one attached hydrogen (secondary N) is 1. The number of fused-ring (bicyclic) bond motifs is 1. The first-order valence-electron chi connectivity index (χ1n) is 12.8. The number of nitrogens with zero attached hydrogens (tertiary/aromatic N) is 3. The number of aryl methyl sites for hydroxylation is 1. The third kappa shape index (κ3) is 4.69. The van der Waals surface area contributed by atoms with E-state index in [9.17, 15) is 9.59 Å². The topological polar surface area (TPSA) is 85.7 Å². The van der Waals surface area contributed by atoms with Gasteiger partial charge in [-0.25, -0.2) is 9.78 Å². The quantitative estimate of drug-likeness (QED) is 0.494. The first kappa shape index (κ1) is 24.3. The van der Waals surface area contributed by atoms with Crippen LogP contribution in [-0.4, -0.2) is 48.9 Å². The number of morpholine rings is 1. The molecule has 1 saturated carbocycles. The number of anilines is 2. The van der Waals surface area contributed by atoms with E-state index >= 15 is 0 Å². The molecule has 3 aromatic rings. The van der Waals surface area contributed by atoms with Crippen molar-refractivity contribution in [1.82, 2.24) is 9.55 Å². The fourth-order valence-corrected chi connectivity index (χ4v) is 5.13. The summed E-state index contributed by atoms with van der Waals surface area (Å²) < 4.78 is 12.4. The van der Waals surface area contributed by atoms with Crippen LogP contribution in [0.15, 0.2) is 41.2 Å².